The first-order valence-electron chi connectivity index (χ1n) is 9.54. The number of rotatable bonds is 5. The molecular formula is C21H30N2O2. The van der Waals surface area contributed by atoms with Crippen LogP contribution in [0, 0.1) is 17.8 Å². The molecule has 3 rings (SSSR count). The smallest absolute Gasteiger partial charge is 0.243 e. The van der Waals surface area contributed by atoms with Crippen molar-refractivity contribution in [2.24, 2.45) is 17.8 Å². The van der Waals surface area contributed by atoms with Gasteiger partial charge in [-0.3, -0.25) is 9.59 Å². The van der Waals surface area contributed by atoms with Gasteiger partial charge in [-0.25, -0.2) is 0 Å². The van der Waals surface area contributed by atoms with Gasteiger partial charge >= 0.3 is 0 Å². The van der Waals surface area contributed by atoms with Gasteiger partial charge in [0.05, 0.1) is 0 Å². The number of hydrogen-bond donors (Lipinski definition) is 1. The molecule has 136 valence electrons. The highest BCUT2D eigenvalue weighted by atomic mass is 16.2. The van der Waals surface area contributed by atoms with Gasteiger partial charge in [-0.1, -0.05) is 58.0 Å². The van der Waals surface area contributed by atoms with E-state index >= 15 is 0 Å². The molecule has 1 aliphatic heterocycles. The van der Waals surface area contributed by atoms with Crippen molar-refractivity contribution in [2.45, 2.75) is 58.5 Å². The van der Waals surface area contributed by atoms with Crippen molar-refractivity contribution in [3.05, 3.63) is 35.9 Å². The fourth-order valence-electron chi connectivity index (χ4n) is 3.86. The molecule has 2 amide bonds. The first-order valence-corrected chi connectivity index (χ1v) is 9.54. The van der Waals surface area contributed by atoms with Crippen LogP contribution >= 0.6 is 0 Å². The first kappa shape index (κ1) is 18.0. The van der Waals surface area contributed by atoms with Gasteiger partial charge in [0.1, 0.15) is 6.04 Å². The number of carbonyl (C=O) groups is 2. The van der Waals surface area contributed by atoms with Crippen LogP contribution in [-0.4, -0.2) is 35.3 Å². The lowest BCUT2D eigenvalue weighted by atomic mass is 9.93. The zero-order valence-corrected chi connectivity index (χ0v) is 15.7. The topological polar surface area (TPSA) is 49.4 Å². The SMILES string of the molecule is CC(C)CC1C(=O)NC(C(C)C)CN1C(=O)C1CC1c1ccccc1. The minimum absolute atomic E-state index is 0.0175. The molecule has 0 spiro atoms. The van der Waals surface area contributed by atoms with Gasteiger partial charge in [0.25, 0.3) is 0 Å². The lowest BCUT2D eigenvalue weighted by Crippen LogP contribution is -2.63. The fourth-order valence-corrected chi connectivity index (χ4v) is 3.86. The summed E-state index contributed by atoms with van der Waals surface area (Å²) in [5.41, 5.74) is 1.24. The molecule has 0 bridgehead atoms. The van der Waals surface area contributed by atoms with E-state index in [1.807, 2.05) is 23.1 Å². The number of nitrogens with one attached hydrogen (secondary N) is 1. The molecule has 2 aliphatic rings. The van der Waals surface area contributed by atoms with Crippen molar-refractivity contribution in [1.82, 2.24) is 10.2 Å². The Morgan fingerprint density at radius 2 is 1.88 bits per heavy atom. The van der Waals surface area contributed by atoms with Gasteiger partial charge in [0.15, 0.2) is 0 Å². The van der Waals surface area contributed by atoms with Gasteiger partial charge in [-0.2, -0.15) is 0 Å². The molecule has 1 aromatic rings. The van der Waals surface area contributed by atoms with E-state index in [0.29, 0.717) is 24.3 Å². The second-order valence-electron chi connectivity index (χ2n) is 8.35. The Balaban J connectivity index is 1.76. The molecule has 1 saturated heterocycles. The summed E-state index contributed by atoms with van der Waals surface area (Å²) in [4.78, 5) is 27.7. The highest BCUT2D eigenvalue weighted by Crippen LogP contribution is 2.48. The van der Waals surface area contributed by atoms with Crippen LogP contribution in [0.1, 0.15) is 52.0 Å². The second-order valence-corrected chi connectivity index (χ2v) is 8.35. The average Bonchev–Trinajstić information content (AvgIpc) is 3.37. The van der Waals surface area contributed by atoms with E-state index in [0.717, 1.165) is 12.8 Å². The summed E-state index contributed by atoms with van der Waals surface area (Å²) < 4.78 is 0. The summed E-state index contributed by atoms with van der Waals surface area (Å²) in [5, 5.41) is 3.13. The Labute approximate surface area is 151 Å². The molecule has 1 aliphatic carbocycles. The van der Waals surface area contributed by atoms with Crippen molar-refractivity contribution in [2.75, 3.05) is 6.54 Å². The van der Waals surface area contributed by atoms with Gasteiger partial charge < -0.3 is 10.2 Å². The number of amides is 2. The molecule has 4 nitrogen and oxygen atoms in total. The van der Waals surface area contributed by atoms with Crippen LogP contribution in [-0.2, 0) is 9.59 Å². The minimum Gasteiger partial charge on any atom is -0.350 e. The van der Waals surface area contributed by atoms with E-state index in [4.69, 9.17) is 0 Å². The second kappa shape index (κ2) is 7.19. The first-order chi connectivity index (χ1) is 11.9. The van der Waals surface area contributed by atoms with Gasteiger partial charge in [-0.15, -0.1) is 0 Å². The van der Waals surface area contributed by atoms with Gasteiger partial charge in [-0.05, 0) is 36.2 Å². The Bertz CT molecular complexity index is 626. The van der Waals surface area contributed by atoms with Gasteiger partial charge in [0.2, 0.25) is 11.8 Å². The third-order valence-electron chi connectivity index (χ3n) is 5.52. The van der Waals surface area contributed by atoms with E-state index in [1.165, 1.54) is 5.56 Å². The maximum atomic E-state index is 13.2. The van der Waals surface area contributed by atoms with E-state index in [1.54, 1.807) is 0 Å². The van der Waals surface area contributed by atoms with Crippen molar-refractivity contribution in [1.29, 1.82) is 0 Å². The Kier molecular flexibility index (Phi) is 5.16. The maximum Gasteiger partial charge on any atom is 0.243 e. The summed E-state index contributed by atoms with van der Waals surface area (Å²) in [7, 11) is 0. The quantitative estimate of drug-likeness (QED) is 0.893. The molecular weight excluding hydrogens is 312 g/mol. The van der Waals surface area contributed by atoms with E-state index in [-0.39, 0.29) is 29.8 Å². The predicted octanol–water partition coefficient (Wildman–Crippen LogP) is 3.19. The molecule has 2 fully saturated rings. The number of carbonyl (C=O) groups excluding carboxylic acids is 2. The average molecular weight is 342 g/mol. The largest absolute Gasteiger partial charge is 0.350 e. The highest BCUT2D eigenvalue weighted by molar-refractivity contribution is 5.91. The molecule has 4 heteroatoms. The number of nitrogens with zero attached hydrogens (tertiary/aromatic N) is 1. The van der Waals surface area contributed by atoms with Crippen molar-refractivity contribution < 1.29 is 9.59 Å². The molecule has 1 heterocycles. The summed E-state index contributed by atoms with van der Waals surface area (Å²) in [6.07, 6.45) is 1.63. The van der Waals surface area contributed by atoms with Gasteiger partial charge in [0, 0.05) is 18.5 Å². The van der Waals surface area contributed by atoms with Crippen LogP contribution in [0.3, 0.4) is 0 Å². The van der Waals surface area contributed by atoms with Crippen molar-refractivity contribution in [3.63, 3.8) is 0 Å². The minimum atomic E-state index is -0.320. The lowest BCUT2D eigenvalue weighted by molar-refractivity contribution is -0.147. The zero-order valence-electron chi connectivity index (χ0n) is 15.7. The normalized spacial score (nSPS) is 29.0. The third-order valence-corrected chi connectivity index (χ3v) is 5.52. The molecule has 1 saturated carbocycles. The Morgan fingerprint density at radius 3 is 2.48 bits per heavy atom. The Hall–Kier alpha value is -1.84. The molecule has 1 aromatic carbocycles. The number of hydrogen-bond acceptors (Lipinski definition) is 2. The van der Waals surface area contributed by atoms with Crippen LogP contribution < -0.4 is 5.32 Å². The summed E-state index contributed by atoms with van der Waals surface area (Å²) in [6, 6.07) is 9.99. The van der Waals surface area contributed by atoms with Crippen LogP contribution in [0.15, 0.2) is 30.3 Å². The molecule has 0 radical (unpaired) electrons. The molecule has 25 heavy (non-hydrogen) atoms. The summed E-state index contributed by atoms with van der Waals surface area (Å²) in [5.74, 6) is 1.24. The summed E-state index contributed by atoms with van der Waals surface area (Å²) >= 11 is 0. The third kappa shape index (κ3) is 3.88. The van der Waals surface area contributed by atoms with E-state index in [9.17, 15) is 9.59 Å². The van der Waals surface area contributed by atoms with Crippen LogP contribution in [0.4, 0.5) is 0 Å². The predicted molar refractivity (Wildman–Crippen MR) is 99.0 cm³/mol. The van der Waals surface area contributed by atoms with Crippen LogP contribution in [0.5, 0.6) is 0 Å². The number of piperazine rings is 1. The fraction of sp³-hybridized carbons (Fsp3) is 0.619. The van der Waals surface area contributed by atoms with E-state index in [2.05, 4.69) is 45.1 Å². The van der Waals surface area contributed by atoms with Crippen LogP contribution in [0.2, 0.25) is 0 Å². The highest BCUT2D eigenvalue weighted by Gasteiger charge is 2.49. The Morgan fingerprint density at radius 1 is 1.20 bits per heavy atom. The van der Waals surface area contributed by atoms with Crippen molar-refractivity contribution in [3.8, 4) is 0 Å². The number of benzene rings is 1. The standard InChI is InChI=1S/C21H30N2O2/c1-13(2)10-19-20(24)22-18(14(3)4)12-23(19)21(25)17-11-16(17)15-8-6-5-7-9-15/h5-9,13-14,16-19H,10-12H2,1-4H3,(H,22,24). The zero-order chi connectivity index (χ0) is 18.1. The lowest BCUT2D eigenvalue weighted by Gasteiger charge is -2.41. The molecule has 0 aromatic heterocycles. The molecule has 4 unspecified atom stereocenters. The van der Waals surface area contributed by atoms with E-state index < -0.39 is 0 Å². The van der Waals surface area contributed by atoms with Crippen LogP contribution in [0.25, 0.3) is 0 Å². The monoisotopic (exact) mass is 342 g/mol. The maximum absolute atomic E-state index is 13.2. The summed E-state index contributed by atoms with van der Waals surface area (Å²) in [6.45, 7) is 9.04. The molecule has 4 atom stereocenters. The van der Waals surface area contributed by atoms with Crippen molar-refractivity contribution >= 4 is 11.8 Å². The molecule has 1 N–H and O–H groups in total.